The Balaban J connectivity index is 1.83. The lowest BCUT2D eigenvalue weighted by Gasteiger charge is -2.19. The van der Waals surface area contributed by atoms with E-state index in [1.165, 1.54) is 5.56 Å². The van der Waals surface area contributed by atoms with Crippen LogP contribution in [-0.4, -0.2) is 31.2 Å². The van der Waals surface area contributed by atoms with Crippen molar-refractivity contribution in [3.63, 3.8) is 0 Å². The van der Waals surface area contributed by atoms with Crippen molar-refractivity contribution in [3.05, 3.63) is 95.7 Å². The second-order valence-electron chi connectivity index (χ2n) is 8.47. The molecule has 1 unspecified atom stereocenters. The molecule has 0 aliphatic rings. The summed E-state index contributed by atoms with van der Waals surface area (Å²) in [6, 6.07) is 24.7. The first kappa shape index (κ1) is 23.4. The van der Waals surface area contributed by atoms with Crippen molar-refractivity contribution >= 4 is 16.8 Å². The van der Waals surface area contributed by atoms with Gasteiger partial charge in [0.25, 0.3) is 0 Å². The zero-order valence-corrected chi connectivity index (χ0v) is 20.1. The molecule has 0 aliphatic heterocycles. The topological polar surface area (TPSA) is 52.5 Å². The number of hydrogen-bond donors (Lipinski definition) is 1. The van der Waals surface area contributed by atoms with Crippen LogP contribution in [0.2, 0.25) is 0 Å². The monoisotopic (exact) mass is 456 g/mol. The highest BCUT2D eigenvalue weighted by atomic mass is 16.5. The van der Waals surface area contributed by atoms with Gasteiger partial charge in [0.15, 0.2) is 0 Å². The maximum absolute atomic E-state index is 12.9. The predicted octanol–water partition coefficient (Wildman–Crippen LogP) is 5.76. The summed E-state index contributed by atoms with van der Waals surface area (Å²) in [6.07, 6.45) is 3.44. The second-order valence-corrected chi connectivity index (χ2v) is 8.47. The minimum absolute atomic E-state index is 0.0357. The molecule has 0 saturated carbocycles. The first-order valence-corrected chi connectivity index (χ1v) is 11.7. The first-order chi connectivity index (χ1) is 16.6. The molecule has 4 aromatic rings. The molecule has 34 heavy (non-hydrogen) atoms. The van der Waals surface area contributed by atoms with E-state index in [0.717, 1.165) is 35.0 Å². The molecule has 0 bridgehead atoms. The van der Waals surface area contributed by atoms with E-state index >= 15 is 0 Å². The number of ether oxygens (including phenoxy) is 2. The van der Waals surface area contributed by atoms with Crippen LogP contribution in [0.15, 0.2) is 79.0 Å². The van der Waals surface area contributed by atoms with Crippen molar-refractivity contribution < 1.29 is 14.3 Å². The van der Waals surface area contributed by atoms with E-state index in [9.17, 15) is 4.79 Å². The molecule has 0 spiro atoms. The first-order valence-electron chi connectivity index (χ1n) is 11.7. The summed E-state index contributed by atoms with van der Waals surface area (Å²) in [5, 5.41) is 4.19. The van der Waals surface area contributed by atoms with Crippen molar-refractivity contribution in [1.29, 1.82) is 0 Å². The van der Waals surface area contributed by atoms with Crippen molar-refractivity contribution in [2.24, 2.45) is 0 Å². The number of carbonyl (C=O) groups excluding carboxylic acids is 1. The molecule has 5 heteroatoms. The Morgan fingerprint density at radius 3 is 2.29 bits per heavy atom. The van der Waals surface area contributed by atoms with Crippen molar-refractivity contribution in [2.75, 3.05) is 20.8 Å². The van der Waals surface area contributed by atoms with E-state index in [0.29, 0.717) is 24.5 Å². The number of benzene rings is 3. The fourth-order valence-electron chi connectivity index (χ4n) is 4.42. The largest absolute Gasteiger partial charge is 0.497 e. The van der Waals surface area contributed by atoms with Crippen LogP contribution in [0.25, 0.3) is 10.9 Å². The van der Waals surface area contributed by atoms with Gasteiger partial charge in [-0.25, -0.2) is 0 Å². The smallest absolute Gasteiger partial charge is 0.220 e. The normalized spacial score (nSPS) is 11.9. The number of nitrogens with zero attached hydrogens (tertiary/aromatic N) is 1. The quantitative estimate of drug-likeness (QED) is 0.330. The van der Waals surface area contributed by atoms with E-state index in [1.54, 1.807) is 14.2 Å². The van der Waals surface area contributed by atoms with Gasteiger partial charge in [0.05, 0.1) is 14.2 Å². The second kappa shape index (κ2) is 10.9. The Morgan fingerprint density at radius 1 is 0.941 bits per heavy atom. The van der Waals surface area contributed by atoms with Crippen LogP contribution in [0.3, 0.4) is 0 Å². The molecule has 176 valence electrons. The van der Waals surface area contributed by atoms with Crippen LogP contribution >= 0.6 is 0 Å². The molecule has 0 aliphatic carbocycles. The number of aromatic nitrogens is 1. The highest BCUT2D eigenvalue weighted by Gasteiger charge is 2.24. The number of para-hydroxylation sites is 1. The Kier molecular flexibility index (Phi) is 7.53. The standard InChI is InChI=1S/C29H32N2O3/c1-4-14-30-29(32)18-26(22-15-23(33-2)17-24(16-22)34-3)27-20-31(19-21-10-6-5-7-11-21)28-13-9-8-12-25(27)28/h5-13,15-17,20,26H,4,14,18-19H2,1-3H3,(H,30,32). The van der Waals surface area contributed by atoms with Gasteiger partial charge in [0, 0.05) is 48.6 Å². The maximum atomic E-state index is 12.9. The van der Waals surface area contributed by atoms with E-state index < -0.39 is 0 Å². The molecular weight excluding hydrogens is 424 g/mol. The summed E-state index contributed by atoms with van der Waals surface area (Å²) >= 11 is 0. The summed E-state index contributed by atoms with van der Waals surface area (Å²) in [5.74, 6) is 1.30. The van der Waals surface area contributed by atoms with E-state index in [2.05, 4.69) is 71.5 Å². The van der Waals surface area contributed by atoms with Gasteiger partial charge in [-0.05, 0) is 41.3 Å². The third-order valence-corrected chi connectivity index (χ3v) is 6.13. The lowest BCUT2D eigenvalue weighted by atomic mass is 9.87. The SMILES string of the molecule is CCCNC(=O)CC(c1cc(OC)cc(OC)c1)c1cn(Cc2ccccc2)c2ccccc12. The van der Waals surface area contributed by atoms with Crippen LogP contribution in [0.4, 0.5) is 0 Å². The molecule has 1 heterocycles. The van der Waals surface area contributed by atoms with Gasteiger partial charge >= 0.3 is 0 Å². The highest BCUT2D eigenvalue weighted by Crippen LogP contribution is 2.38. The zero-order valence-electron chi connectivity index (χ0n) is 20.1. The van der Waals surface area contributed by atoms with Crippen molar-refractivity contribution in [1.82, 2.24) is 9.88 Å². The summed E-state index contributed by atoms with van der Waals surface area (Å²) in [6.45, 7) is 3.49. The summed E-state index contributed by atoms with van der Waals surface area (Å²) in [5.41, 5.74) is 4.49. The van der Waals surface area contributed by atoms with E-state index in [1.807, 2.05) is 24.3 Å². The number of carbonyl (C=O) groups is 1. The molecule has 0 fully saturated rings. The van der Waals surface area contributed by atoms with Gasteiger partial charge in [-0.2, -0.15) is 0 Å². The van der Waals surface area contributed by atoms with Crippen molar-refractivity contribution in [3.8, 4) is 11.5 Å². The molecule has 5 nitrogen and oxygen atoms in total. The van der Waals surface area contributed by atoms with Gasteiger partial charge in [-0.1, -0.05) is 55.5 Å². The molecule has 1 aromatic heterocycles. The number of methoxy groups -OCH3 is 2. The van der Waals surface area contributed by atoms with Gasteiger partial charge in [0.2, 0.25) is 5.91 Å². The number of hydrogen-bond acceptors (Lipinski definition) is 3. The number of amides is 1. The Morgan fingerprint density at radius 2 is 1.62 bits per heavy atom. The average molecular weight is 457 g/mol. The molecule has 0 saturated heterocycles. The van der Waals surface area contributed by atoms with Crippen LogP contribution in [0.5, 0.6) is 11.5 Å². The van der Waals surface area contributed by atoms with Gasteiger partial charge in [0.1, 0.15) is 11.5 Å². The van der Waals surface area contributed by atoms with Gasteiger partial charge < -0.3 is 19.4 Å². The summed E-state index contributed by atoms with van der Waals surface area (Å²) < 4.78 is 13.4. The van der Waals surface area contributed by atoms with E-state index in [4.69, 9.17) is 9.47 Å². The molecule has 1 amide bonds. The molecule has 0 radical (unpaired) electrons. The molecule has 3 aromatic carbocycles. The average Bonchev–Trinajstić information content (AvgIpc) is 3.24. The molecule has 1 N–H and O–H groups in total. The fourth-order valence-corrected chi connectivity index (χ4v) is 4.42. The van der Waals surface area contributed by atoms with E-state index in [-0.39, 0.29) is 11.8 Å². The zero-order chi connectivity index (χ0) is 23.9. The number of fused-ring (bicyclic) bond motifs is 1. The number of nitrogens with one attached hydrogen (secondary N) is 1. The third-order valence-electron chi connectivity index (χ3n) is 6.13. The Bertz CT molecular complexity index is 1220. The maximum Gasteiger partial charge on any atom is 0.220 e. The highest BCUT2D eigenvalue weighted by molar-refractivity contribution is 5.87. The lowest BCUT2D eigenvalue weighted by Crippen LogP contribution is -2.26. The summed E-state index contributed by atoms with van der Waals surface area (Å²) in [7, 11) is 3.29. The van der Waals surface area contributed by atoms with Crippen LogP contribution in [-0.2, 0) is 11.3 Å². The summed E-state index contributed by atoms with van der Waals surface area (Å²) in [4.78, 5) is 12.9. The lowest BCUT2D eigenvalue weighted by molar-refractivity contribution is -0.121. The van der Waals surface area contributed by atoms with Gasteiger partial charge in [-0.15, -0.1) is 0 Å². The third kappa shape index (κ3) is 5.25. The predicted molar refractivity (Wildman–Crippen MR) is 137 cm³/mol. The minimum atomic E-state index is -0.150. The molecule has 4 rings (SSSR count). The van der Waals surface area contributed by atoms with Crippen LogP contribution in [0.1, 0.15) is 42.4 Å². The van der Waals surface area contributed by atoms with Crippen LogP contribution in [0, 0.1) is 0 Å². The minimum Gasteiger partial charge on any atom is -0.497 e. The fraction of sp³-hybridized carbons (Fsp3) is 0.276. The Hall–Kier alpha value is -3.73. The van der Waals surface area contributed by atoms with Gasteiger partial charge in [-0.3, -0.25) is 4.79 Å². The van der Waals surface area contributed by atoms with Crippen molar-refractivity contribution in [2.45, 2.75) is 32.2 Å². The van der Waals surface area contributed by atoms with Crippen LogP contribution < -0.4 is 14.8 Å². The Labute approximate surface area is 201 Å². The molecular formula is C29H32N2O3. The number of rotatable bonds is 10. The molecule has 1 atom stereocenters.